The lowest BCUT2D eigenvalue weighted by Crippen LogP contribution is -2.55. The number of piperidine rings is 1. The first-order valence-corrected chi connectivity index (χ1v) is 9.82. The van der Waals surface area contributed by atoms with Gasteiger partial charge in [-0.05, 0) is 31.6 Å². The zero-order valence-electron chi connectivity index (χ0n) is 14.1. The van der Waals surface area contributed by atoms with E-state index in [1.54, 1.807) is 6.92 Å². The Morgan fingerprint density at radius 1 is 1.30 bits per heavy atom. The summed E-state index contributed by atoms with van der Waals surface area (Å²) >= 11 is 0. The number of carbonyl (C=O) groups is 2. The summed E-state index contributed by atoms with van der Waals surface area (Å²) in [6.45, 7) is 5.85. The maximum atomic E-state index is 12.5. The molecule has 1 saturated heterocycles. The molecule has 8 heteroatoms. The molecule has 0 radical (unpaired) electrons. The summed E-state index contributed by atoms with van der Waals surface area (Å²) in [5, 5.41) is 11.7. The van der Waals surface area contributed by atoms with E-state index in [1.807, 2.05) is 13.8 Å². The van der Waals surface area contributed by atoms with Crippen LogP contribution in [-0.4, -0.2) is 54.1 Å². The number of hydrogen-bond donors (Lipinski definition) is 2. The van der Waals surface area contributed by atoms with Crippen LogP contribution in [0.15, 0.2) is 0 Å². The van der Waals surface area contributed by atoms with E-state index in [2.05, 4.69) is 5.32 Å². The zero-order chi connectivity index (χ0) is 17.6. The average molecular weight is 348 g/mol. The molecule has 1 unspecified atom stereocenters. The number of aliphatic carboxylic acids is 1. The van der Waals surface area contributed by atoms with Gasteiger partial charge in [0.25, 0.3) is 0 Å². The number of carbonyl (C=O) groups excluding carboxylic acids is 1. The number of nitrogens with one attached hydrogen (secondary N) is 1. The second kappa shape index (κ2) is 8.63. The minimum absolute atomic E-state index is 0.00509. The fourth-order valence-corrected chi connectivity index (χ4v) is 4.58. The van der Waals surface area contributed by atoms with Gasteiger partial charge < -0.3 is 10.4 Å². The summed E-state index contributed by atoms with van der Waals surface area (Å²) in [7, 11) is -3.48. The van der Waals surface area contributed by atoms with Crippen LogP contribution in [0.3, 0.4) is 0 Å². The molecule has 134 valence electrons. The number of hydrogen-bond acceptors (Lipinski definition) is 4. The maximum absolute atomic E-state index is 12.5. The SMILES string of the molecule is CCCS(=O)(=O)N1CCCCC1C(=O)N[C@H](CC(C)C)C(=O)O. The van der Waals surface area contributed by atoms with Crippen molar-refractivity contribution < 1.29 is 23.1 Å². The Labute approximate surface area is 138 Å². The third-order valence-electron chi connectivity index (χ3n) is 3.90. The van der Waals surface area contributed by atoms with Crippen LogP contribution in [0, 0.1) is 5.92 Å². The largest absolute Gasteiger partial charge is 0.480 e. The van der Waals surface area contributed by atoms with Crippen molar-refractivity contribution in [3.05, 3.63) is 0 Å². The Morgan fingerprint density at radius 3 is 2.48 bits per heavy atom. The number of carboxylic acid groups (broad SMARTS) is 1. The van der Waals surface area contributed by atoms with Gasteiger partial charge in [0.05, 0.1) is 5.75 Å². The average Bonchev–Trinajstić information content (AvgIpc) is 2.45. The van der Waals surface area contributed by atoms with E-state index >= 15 is 0 Å². The van der Waals surface area contributed by atoms with E-state index < -0.39 is 34.0 Å². The van der Waals surface area contributed by atoms with Crippen LogP contribution >= 0.6 is 0 Å². The summed E-state index contributed by atoms with van der Waals surface area (Å²) < 4.78 is 25.9. The normalized spacial score (nSPS) is 21.1. The fraction of sp³-hybridized carbons (Fsp3) is 0.867. The molecule has 1 heterocycles. The van der Waals surface area contributed by atoms with E-state index in [-0.39, 0.29) is 11.7 Å². The van der Waals surface area contributed by atoms with E-state index in [1.165, 1.54) is 4.31 Å². The molecule has 2 atom stereocenters. The predicted octanol–water partition coefficient (Wildman–Crippen LogP) is 1.20. The number of amides is 1. The number of sulfonamides is 1. The molecule has 0 bridgehead atoms. The molecule has 1 aliphatic rings. The van der Waals surface area contributed by atoms with Gasteiger partial charge in [0, 0.05) is 6.54 Å². The molecule has 0 aromatic heterocycles. The summed E-state index contributed by atoms with van der Waals surface area (Å²) in [6, 6.07) is -1.78. The van der Waals surface area contributed by atoms with Gasteiger partial charge in [0.15, 0.2) is 0 Å². The Morgan fingerprint density at radius 2 is 1.96 bits per heavy atom. The molecule has 0 aromatic carbocycles. The highest BCUT2D eigenvalue weighted by Crippen LogP contribution is 2.22. The van der Waals surface area contributed by atoms with Crippen LogP contribution < -0.4 is 5.32 Å². The van der Waals surface area contributed by atoms with E-state index in [0.29, 0.717) is 25.8 Å². The predicted molar refractivity (Wildman–Crippen MR) is 87.4 cm³/mol. The van der Waals surface area contributed by atoms with Crippen LogP contribution in [0.1, 0.15) is 52.9 Å². The Balaban J connectivity index is 2.87. The quantitative estimate of drug-likeness (QED) is 0.686. The van der Waals surface area contributed by atoms with Crippen molar-refractivity contribution in [2.75, 3.05) is 12.3 Å². The van der Waals surface area contributed by atoms with Crippen molar-refractivity contribution in [3.8, 4) is 0 Å². The van der Waals surface area contributed by atoms with Crippen molar-refractivity contribution in [1.29, 1.82) is 0 Å². The Kier molecular flexibility index (Phi) is 7.47. The smallest absolute Gasteiger partial charge is 0.326 e. The number of nitrogens with zero attached hydrogens (tertiary/aromatic N) is 1. The van der Waals surface area contributed by atoms with Crippen molar-refractivity contribution in [1.82, 2.24) is 9.62 Å². The zero-order valence-corrected chi connectivity index (χ0v) is 14.9. The molecule has 1 amide bonds. The minimum Gasteiger partial charge on any atom is -0.480 e. The van der Waals surface area contributed by atoms with Crippen LogP contribution in [0.5, 0.6) is 0 Å². The standard InChI is InChI=1S/C15H28N2O5S/c1-4-9-23(21,22)17-8-6-5-7-13(17)14(18)16-12(15(19)20)10-11(2)3/h11-13H,4-10H2,1-3H3,(H,16,18)(H,19,20)/t12-,13?/m1/s1. The first kappa shape index (κ1) is 19.9. The topological polar surface area (TPSA) is 104 Å². The van der Waals surface area contributed by atoms with Crippen LogP contribution in [0.2, 0.25) is 0 Å². The first-order valence-electron chi connectivity index (χ1n) is 8.21. The molecule has 2 N–H and O–H groups in total. The van der Waals surface area contributed by atoms with Crippen LogP contribution in [0.25, 0.3) is 0 Å². The van der Waals surface area contributed by atoms with Gasteiger partial charge in [-0.1, -0.05) is 27.2 Å². The molecule has 0 aromatic rings. The van der Waals surface area contributed by atoms with Crippen molar-refractivity contribution in [3.63, 3.8) is 0 Å². The van der Waals surface area contributed by atoms with Gasteiger partial charge in [0.1, 0.15) is 12.1 Å². The highest BCUT2D eigenvalue weighted by Gasteiger charge is 2.37. The van der Waals surface area contributed by atoms with Gasteiger partial charge in [-0.2, -0.15) is 4.31 Å². The van der Waals surface area contributed by atoms with Gasteiger partial charge in [0.2, 0.25) is 15.9 Å². The van der Waals surface area contributed by atoms with E-state index in [0.717, 1.165) is 12.8 Å². The van der Waals surface area contributed by atoms with E-state index in [4.69, 9.17) is 0 Å². The van der Waals surface area contributed by atoms with Crippen LogP contribution in [-0.2, 0) is 19.6 Å². The lowest BCUT2D eigenvalue weighted by Gasteiger charge is -2.34. The molecule has 1 rings (SSSR count). The molecule has 23 heavy (non-hydrogen) atoms. The molecule has 0 saturated carbocycles. The van der Waals surface area contributed by atoms with Crippen molar-refractivity contribution in [2.24, 2.45) is 5.92 Å². The van der Waals surface area contributed by atoms with Gasteiger partial charge in [-0.3, -0.25) is 4.79 Å². The Hall–Kier alpha value is -1.15. The maximum Gasteiger partial charge on any atom is 0.326 e. The molecule has 0 spiro atoms. The van der Waals surface area contributed by atoms with Crippen LogP contribution in [0.4, 0.5) is 0 Å². The molecular formula is C15H28N2O5S. The molecule has 1 aliphatic heterocycles. The van der Waals surface area contributed by atoms with Crippen molar-refractivity contribution in [2.45, 2.75) is 65.0 Å². The number of carboxylic acids is 1. The summed E-state index contributed by atoms with van der Waals surface area (Å²) in [5.41, 5.74) is 0. The van der Waals surface area contributed by atoms with Gasteiger partial charge in [-0.15, -0.1) is 0 Å². The lowest BCUT2D eigenvalue weighted by molar-refractivity contribution is -0.143. The second-order valence-corrected chi connectivity index (χ2v) is 8.51. The monoisotopic (exact) mass is 348 g/mol. The molecule has 7 nitrogen and oxygen atoms in total. The fourth-order valence-electron chi connectivity index (χ4n) is 2.84. The highest BCUT2D eigenvalue weighted by molar-refractivity contribution is 7.89. The summed E-state index contributed by atoms with van der Waals surface area (Å²) in [5.74, 6) is -1.48. The summed E-state index contributed by atoms with van der Waals surface area (Å²) in [4.78, 5) is 23.8. The third kappa shape index (κ3) is 5.76. The number of rotatable bonds is 8. The first-order chi connectivity index (χ1) is 10.7. The lowest BCUT2D eigenvalue weighted by atomic mass is 10.0. The molecular weight excluding hydrogens is 320 g/mol. The third-order valence-corrected chi connectivity index (χ3v) is 5.97. The van der Waals surface area contributed by atoms with Gasteiger partial charge in [-0.25, -0.2) is 13.2 Å². The van der Waals surface area contributed by atoms with E-state index in [9.17, 15) is 23.1 Å². The highest BCUT2D eigenvalue weighted by atomic mass is 32.2. The second-order valence-electron chi connectivity index (χ2n) is 6.47. The summed E-state index contributed by atoms with van der Waals surface area (Å²) in [6.07, 6.45) is 2.72. The Bertz CT molecular complexity index is 518. The molecule has 0 aliphatic carbocycles. The molecule has 1 fully saturated rings. The van der Waals surface area contributed by atoms with Crippen molar-refractivity contribution >= 4 is 21.9 Å². The minimum atomic E-state index is -3.48. The van der Waals surface area contributed by atoms with Gasteiger partial charge >= 0.3 is 5.97 Å².